The number of hydrogen-bond donors (Lipinski definition) is 1. The van der Waals surface area contributed by atoms with E-state index in [4.69, 9.17) is 0 Å². The van der Waals surface area contributed by atoms with Gasteiger partial charge in [0.05, 0.1) is 10.2 Å². The fourth-order valence-electron chi connectivity index (χ4n) is 3.40. The molecule has 0 spiro atoms. The number of rotatable bonds is 3. The molecule has 1 amide bonds. The Morgan fingerprint density at radius 3 is 2.65 bits per heavy atom. The lowest BCUT2D eigenvalue weighted by molar-refractivity contribution is 0.101. The highest BCUT2D eigenvalue weighted by Crippen LogP contribution is 2.36. The summed E-state index contributed by atoms with van der Waals surface area (Å²) in [4.78, 5) is 12.7. The molecular weight excluding hydrogens is 311 g/mol. The molecule has 0 radical (unpaired) electrons. The van der Waals surface area contributed by atoms with Gasteiger partial charge in [-0.15, -0.1) is 11.3 Å². The molecule has 1 aliphatic rings. The van der Waals surface area contributed by atoms with Crippen LogP contribution in [0, 0.1) is 5.82 Å². The van der Waals surface area contributed by atoms with Crippen molar-refractivity contribution >= 4 is 33.1 Å². The van der Waals surface area contributed by atoms with Crippen molar-refractivity contribution in [3.63, 3.8) is 0 Å². The molecule has 2 aromatic heterocycles. The van der Waals surface area contributed by atoms with E-state index < -0.39 is 0 Å². The van der Waals surface area contributed by atoms with Crippen molar-refractivity contribution in [1.29, 1.82) is 0 Å². The number of hydrogen-bond acceptors (Lipinski definition) is 2. The Kier molecular flexibility index (Phi) is 3.65. The summed E-state index contributed by atoms with van der Waals surface area (Å²) in [5, 5.41) is 4.95. The zero-order valence-electron chi connectivity index (χ0n) is 12.6. The average Bonchev–Trinajstić information content (AvgIpc) is 3.24. The molecule has 118 valence electrons. The summed E-state index contributed by atoms with van der Waals surface area (Å²) < 4.78 is 16.3. The van der Waals surface area contributed by atoms with Crippen molar-refractivity contribution in [2.45, 2.75) is 31.7 Å². The highest BCUT2D eigenvalue weighted by Gasteiger charge is 2.25. The van der Waals surface area contributed by atoms with Gasteiger partial charge >= 0.3 is 0 Å². The molecule has 1 aromatic carbocycles. The van der Waals surface area contributed by atoms with Gasteiger partial charge in [-0.3, -0.25) is 4.79 Å². The third kappa shape index (κ3) is 2.65. The second-order valence-electron chi connectivity index (χ2n) is 5.97. The Morgan fingerprint density at radius 1 is 1.17 bits per heavy atom. The van der Waals surface area contributed by atoms with Crippen molar-refractivity contribution < 1.29 is 9.18 Å². The van der Waals surface area contributed by atoms with Crippen LogP contribution in [0.4, 0.5) is 10.1 Å². The standard InChI is InChI=1S/C18H17FN2OS/c19-12-5-7-13(8-6-12)20-18(22)16-11-17-15(9-10-23-17)21(16)14-3-1-2-4-14/h5-11,14H,1-4H2,(H,20,22). The van der Waals surface area contributed by atoms with Gasteiger partial charge in [0.1, 0.15) is 11.5 Å². The molecule has 4 rings (SSSR count). The lowest BCUT2D eigenvalue weighted by Crippen LogP contribution is -2.19. The third-order valence-electron chi connectivity index (χ3n) is 4.48. The van der Waals surface area contributed by atoms with Crippen molar-refractivity contribution in [3.8, 4) is 0 Å². The number of carbonyl (C=O) groups is 1. The predicted octanol–water partition coefficient (Wildman–Crippen LogP) is 5.21. The fraction of sp³-hybridized carbons (Fsp3) is 0.278. The molecule has 5 heteroatoms. The second-order valence-corrected chi connectivity index (χ2v) is 6.92. The number of benzene rings is 1. The molecule has 1 N–H and O–H groups in total. The Balaban J connectivity index is 1.69. The third-order valence-corrected chi connectivity index (χ3v) is 5.34. The van der Waals surface area contributed by atoms with Crippen LogP contribution in [0.5, 0.6) is 0 Å². The van der Waals surface area contributed by atoms with Gasteiger partial charge in [-0.2, -0.15) is 0 Å². The van der Waals surface area contributed by atoms with Gasteiger partial charge < -0.3 is 9.88 Å². The molecule has 1 aliphatic carbocycles. The maximum Gasteiger partial charge on any atom is 0.272 e. The average molecular weight is 328 g/mol. The van der Waals surface area contributed by atoms with Crippen LogP contribution in [0.2, 0.25) is 0 Å². The van der Waals surface area contributed by atoms with Gasteiger partial charge in [-0.1, -0.05) is 12.8 Å². The lowest BCUT2D eigenvalue weighted by Gasteiger charge is -2.17. The molecule has 1 saturated carbocycles. The van der Waals surface area contributed by atoms with Crippen molar-refractivity contribution in [3.05, 3.63) is 53.3 Å². The van der Waals surface area contributed by atoms with Crippen LogP contribution in [0.1, 0.15) is 42.2 Å². The predicted molar refractivity (Wildman–Crippen MR) is 91.7 cm³/mol. The van der Waals surface area contributed by atoms with E-state index in [1.54, 1.807) is 23.5 Å². The zero-order valence-corrected chi connectivity index (χ0v) is 13.4. The minimum Gasteiger partial charge on any atom is -0.333 e. The number of thiophene rings is 1. The first-order valence-electron chi connectivity index (χ1n) is 7.88. The molecule has 0 aliphatic heterocycles. The number of nitrogens with one attached hydrogen (secondary N) is 1. The highest BCUT2D eigenvalue weighted by atomic mass is 32.1. The molecular formula is C18H17FN2OS. The van der Waals surface area contributed by atoms with E-state index in [0.717, 1.165) is 23.1 Å². The molecule has 3 nitrogen and oxygen atoms in total. The quantitative estimate of drug-likeness (QED) is 0.703. The number of carbonyl (C=O) groups excluding carboxylic acids is 1. The van der Waals surface area contributed by atoms with Crippen LogP contribution in [0.3, 0.4) is 0 Å². The molecule has 2 heterocycles. The summed E-state index contributed by atoms with van der Waals surface area (Å²) in [6.07, 6.45) is 4.67. The zero-order chi connectivity index (χ0) is 15.8. The lowest BCUT2D eigenvalue weighted by atomic mass is 10.2. The van der Waals surface area contributed by atoms with Crippen LogP contribution < -0.4 is 5.32 Å². The fourth-order valence-corrected chi connectivity index (χ4v) is 4.21. The van der Waals surface area contributed by atoms with E-state index in [0.29, 0.717) is 17.4 Å². The molecule has 0 bridgehead atoms. The molecule has 1 fully saturated rings. The summed E-state index contributed by atoms with van der Waals surface area (Å²) in [6, 6.07) is 10.3. The number of halogens is 1. The first-order chi connectivity index (χ1) is 11.2. The van der Waals surface area contributed by atoms with Crippen molar-refractivity contribution in [2.75, 3.05) is 5.32 Å². The molecule has 0 saturated heterocycles. The molecule has 0 unspecified atom stereocenters. The van der Waals surface area contributed by atoms with Gasteiger partial charge in [0.2, 0.25) is 0 Å². The van der Waals surface area contributed by atoms with E-state index in [2.05, 4.69) is 21.3 Å². The molecule has 3 aromatic rings. The normalized spacial score (nSPS) is 15.3. The van der Waals surface area contributed by atoms with E-state index in [-0.39, 0.29) is 11.7 Å². The number of nitrogens with zero attached hydrogens (tertiary/aromatic N) is 1. The van der Waals surface area contributed by atoms with Gasteiger partial charge in [-0.05, 0) is 54.6 Å². The maximum absolute atomic E-state index is 13.0. The van der Waals surface area contributed by atoms with Gasteiger partial charge in [0.15, 0.2) is 0 Å². The summed E-state index contributed by atoms with van der Waals surface area (Å²) in [6.45, 7) is 0. The number of amides is 1. The van der Waals surface area contributed by atoms with Crippen LogP contribution in [-0.4, -0.2) is 10.5 Å². The monoisotopic (exact) mass is 328 g/mol. The summed E-state index contributed by atoms with van der Waals surface area (Å²) >= 11 is 1.66. The first kappa shape index (κ1) is 14.5. The van der Waals surface area contributed by atoms with Crippen LogP contribution >= 0.6 is 11.3 Å². The first-order valence-corrected chi connectivity index (χ1v) is 8.76. The van der Waals surface area contributed by atoms with Crippen LogP contribution in [0.15, 0.2) is 41.8 Å². The van der Waals surface area contributed by atoms with Crippen molar-refractivity contribution in [2.24, 2.45) is 0 Å². The number of anilines is 1. The molecule has 23 heavy (non-hydrogen) atoms. The van der Waals surface area contributed by atoms with E-state index >= 15 is 0 Å². The smallest absolute Gasteiger partial charge is 0.272 e. The Hall–Kier alpha value is -2.14. The van der Waals surface area contributed by atoms with Crippen LogP contribution in [-0.2, 0) is 0 Å². The summed E-state index contributed by atoms with van der Waals surface area (Å²) in [5.74, 6) is -0.440. The number of aromatic nitrogens is 1. The minimum absolute atomic E-state index is 0.132. The highest BCUT2D eigenvalue weighted by molar-refractivity contribution is 7.17. The minimum atomic E-state index is -0.308. The molecule has 0 atom stereocenters. The van der Waals surface area contributed by atoms with E-state index in [1.807, 2.05) is 6.07 Å². The number of fused-ring (bicyclic) bond motifs is 1. The van der Waals surface area contributed by atoms with Crippen LogP contribution in [0.25, 0.3) is 10.2 Å². The summed E-state index contributed by atoms with van der Waals surface area (Å²) in [5.41, 5.74) is 2.45. The van der Waals surface area contributed by atoms with Gasteiger partial charge in [0, 0.05) is 11.7 Å². The van der Waals surface area contributed by atoms with Crippen molar-refractivity contribution in [1.82, 2.24) is 4.57 Å². The topological polar surface area (TPSA) is 34.0 Å². The Labute approximate surface area is 137 Å². The van der Waals surface area contributed by atoms with Gasteiger partial charge in [0.25, 0.3) is 5.91 Å². The van der Waals surface area contributed by atoms with E-state index in [9.17, 15) is 9.18 Å². The Bertz CT molecular complexity index is 844. The Morgan fingerprint density at radius 2 is 1.91 bits per heavy atom. The maximum atomic E-state index is 13.0. The SMILES string of the molecule is O=C(Nc1ccc(F)cc1)c1cc2sccc2n1C1CCCC1. The van der Waals surface area contributed by atoms with E-state index in [1.165, 1.54) is 25.0 Å². The van der Waals surface area contributed by atoms with Gasteiger partial charge in [-0.25, -0.2) is 4.39 Å². The summed E-state index contributed by atoms with van der Waals surface area (Å²) in [7, 11) is 0. The largest absolute Gasteiger partial charge is 0.333 e. The second kappa shape index (κ2) is 5.81.